The van der Waals surface area contributed by atoms with Crippen molar-refractivity contribution < 1.29 is 14.1 Å². The van der Waals surface area contributed by atoms with Crippen LogP contribution in [0.1, 0.15) is 15.9 Å². The summed E-state index contributed by atoms with van der Waals surface area (Å²) in [7, 11) is 1.27. The summed E-state index contributed by atoms with van der Waals surface area (Å²) in [4.78, 5) is 15.3. The zero-order valence-corrected chi connectivity index (χ0v) is 8.88. The van der Waals surface area contributed by atoms with E-state index in [2.05, 4.69) is 14.9 Å². The summed E-state index contributed by atoms with van der Waals surface area (Å²) in [5.74, 6) is -0.282. The second kappa shape index (κ2) is 4.45. The number of benzene rings is 1. The summed E-state index contributed by atoms with van der Waals surface area (Å²) in [6, 6.07) is 6.47. The molecule has 0 N–H and O–H groups in total. The maximum atomic E-state index is 11.4. The van der Waals surface area contributed by atoms with Gasteiger partial charge in [0.25, 0.3) is 5.89 Å². The summed E-state index contributed by atoms with van der Waals surface area (Å²) < 4.78 is 9.46. The molecule has 0 fully saturated rings. The number of rotatable bonds is 2. The lowest BCUT2D eigenvalue weighted by atomic mass is 10.1. The molecule has 0 aliphatic rings. The highest BCUT2D eigenvalue weighted by atomic mass is 16.5. The molecule has 0 atom stereocenters. The lowest BCUT2D eigenvalue weighted by molar-refractivity contribution is 0.0600. The Balaban J connectivity index is 2.54. The van der Waals surface area contributed by atoms with E-state index in [1.807, 2.05) is 6.07 Å². The molecule has 6 nitrogen and oxygen atoms in total. The molecular formula is C11H7N3O3. The van der Waals surface area contributed by atoms with Crippen molar-refractivity contribution in [1.29, 1.82) is 5.26 Å². The summed E-state index contributed by atoms with van der Waals surface area (Å²) in [5, 5.41) is 12.3. The number of ether oxygens (including phenoxy) is 1. The molecule has 0 aliphatic carbocycles. The highest BCUT2D eigenvalue weighted by Gasteiger charge is 2.12. The third kappa shape index (κ3) is 2.13. The Morgan fingerprint density at radius 3 is 2.88 bits per heavy atom. The predicted octanol–water partition coefficient (Wildman–Crippen LogP) is 1.39. The summed E-state index contributed by atoms with van der Waals surface area (Å²) >= 11 is 0. The zero-order valence-electron chi connectivity index (χ0n) is 8.88. The van der Waals surface area contributed by atoms with Crippen molar-refractivity contribution in [1.82, 2.24) is 10.1 Å². The van der Waals surface area contributed by atoms with Gasteiger partial charge in [0, 0.05) is 5.56 Å². The molecule has 6 heteroatoms. The molecule has 0 saturated heterocycles. The van der Waals surface area contributed by atoms with Crippen molar-refractivity contribution in [3.63, 3.8) is 0 Å². The van der Waals surface area contributed by atoms with E-state index in [1.165, 1.54) is 25.6 Å². The number of nitriles is 1. The number of carbonyl (C=O) groups is 1. The van der Waals surface area contributed by atoms with Gasteiger partial charge in [-0.3, -0.25) is 0 Å². The molecule has 0 amide bonds. The average Bonchev–Trinajstić information content (AvgIpc) is 2.91. The van der Waals surface area contributed by atoms with Crippen molar-refractivity contribution in [3.8, 4) is 17.5 Å². The largest absolute Gasteiger partial charge is 0.465 e. The molecule has 1 aromatic carbocycles. The fourth-order valence-corrected chi connectivity index (χ4v) is 1.35. The monoisotopic (exact) mass is 229 g/mol. The molecule has 0 bridgehead atoms. The first-order valence-corrected chi connectivity index (χ1v) is 4.65. The van der Waals surface area contributed by atoms with Crippen LogP contribution in [-0.2, 0) is 4.74 Å². The Morgan fingerprint density at radius 1 is 1.47 bits per heavy atom. The zero-order chi connectivity index (χ0) is 12.3. The van der Waals surface area contributed by atoms with Gasteiger partial charge < -0.3 is 9.26 Å². The Hall–Kier alpha value is -2.68. The smallest absolute Gasteiger partial charge is 0.337 e. The van der Waals surface area contributed by atoms with Crippen LogP contribution in [0.4, 0.5) is 0 Å². The number of esters is 1. The van der Waals surface area contributed by atoms with E-state index in [9.17, 15) is 4.79 Å². The van der Waals surface area contributed by atoms with E-state index in [4.69, 9.17) is 9.78 Å². The summed E-state index contributed by atoms with van der Waals surface area (Å²) in [6.07, 6.45) is 1.24. The first kappa shape index (κ1) is 10.8. The van der Waals surface area contributed by atoms with Gasteiger partial charge in [0.2, 0.25) is 0 Å². The van der Waals surface area contributed by atoms with Crippen molar-refractivity contribution in [2.75, 3.05) is 7.11 Å². The van der Waals surface area contributed by atoms with Gasteiger partial charge in [0.05, 0.1) is 24.3 Å². The van der Waals surface area contributed by atoms with Crippen molar-refractivity contribution >= 4 is 5.97 Å². The number of hydrogen-bond donors (Lipinski definition) is 0. The third-order valence-corrected chi connectivity index (χ3v) is 2.09. The van der Waals surface area contributed by atoms with Gasteiger partial charge in [-0.1, -0.05) is 5.16 Å². The minimum absolute atomic E-state index is 0.243. The predicted molar refractivity (Wildman–Crippen MR) is 55.8 cm³/mol. The van der Waals surface area contributed by atoms with Gasteiger partial charge in [-0.2, -0.15) is 10.2 Å². The Bertz CT molecular complexity index is 585. The van der Waals surface area contributed by atoms with Crippen LogP contribution in [0.2, 0.25) is 0 Å². The van der Waals surface area contributed by atoms with Crippen molar-refractivity contribution in [2.24, 2.45) is 0 Å². The van der Waals surface area contributed by atoms with Crippen LogP contribution >= 0.6 is 0 Å². The summed E-state index contributed by atoms with van der Waals surface area (Å²) in [6.45, 7) is 0. The number of aromatic nitrogens is 2. The third-order valence-electron chi connectivity index (χ3n) is 2.09. The normalized spacial score (nSPS) is 9.65. The fourth-order valence-electron chi connectivity index (χ4n) is 1.35. The molecule has 0 saturated carbocycles. The highest BCUT2D eigenvalue weighted by Crippen LogP contribution is 2.20. The van der Waals surface area contributed by atoms with E-state index in [0.29, 0.717) is 11.1 Å². The molecule has 0 radical (unpaired) electrons. The van der Waals surface area contributed by atoms with Crippen LogP contribution < -0.4 is 0 Å². The molecule has 0 unspecified atom stereocenters. The van der Waals surface area contributed by atoms with Crippen LogP contribution in [0.25, 0.3) is 11.5 Å². The molecule has 84 valence electrons. The van der Waals surface area contributed by atoms with E-state index in [-0.39, 0.29) is 11.5 Å². The van der Waals surface area contributed by atoms with Crippen LogP contribution in [0.15, 0.2) is 29.0 Å². The Kier molecular flexibility index (Phi) is 2.83. The number of carbonyl (C=O) groups excluding carboxylic acids is 1. The lowest BCUT2D eigenvalue weighted by Crippen LogP contribution is -2.02. The quantitative estimate of drug-likeness (QED) is 0.723. The molecule has 17 heavy (non-hydrogen) atoms. The first-order valence-electron chi connectivity index (χ1n) is 4.65. The molecule has 0 aliphatic heterocycles. The van der Waals surface area contributed by atoms with Crippen molar-refractivity contribution in [2.45, 2.75) is 0 Å². The molecule has 1 heterocycles. The minimum Gasteiger partial charge on any atom is -0.465 e. The minimum atomic E-state index is -0.525. The van der Waals surface area contributed by atoms with Gasteiger partial charge in [-0.05, 0) is 18.2 Å². The Labute approximate surface area is 96.4 Å². The standard InChI is InChI=1S/C11H7N3O3/c1-16-11(15)9-3-7(5-12)2-8(4-9)10-13-6-14-17-10/h2-4,6H,1H3. The molecule has 1 aromatic heterocycles. The average molecular weight is 229 g/mol. The molecule has 2 aromatic rings. The number of methoxy groups -OCH3 is 1. The van der Waals surface area contributed by atoms with Crippen LogP contribution in [0.3, 0.4) is 0 Å². The van der Waals surface area contributed by atoms with E-state index in [1.54, 1.807) is 6.07 Å². The van der Waals surface area contributed by atoms with Crippen LogP contribution in [-0.4, -0.2) is 23.2 Å². The molecular weight excluding hydrogens is 222 g/mol. The van der Waals surface area contributed by atoms with Gasteiger partial charge >= 0.3 is 5.97 Å². The molecule has 2 rings (SSSR count). The van der Waals surface area contributed by atoms with Crippen LogP contribution in [0, 0.1) is 11.3 Å². The van der Waals surface area contributed by atoms with Gasteiger partial charge in [0.15, 0.2) is 6.33 Å². The maximum Gasteiger partial charge on any atom is 0.337 e. The lowest BCUT2D eigenvalue weighted by Gasteiger charge is -2.01. The van der Waals surface area contributed by atoms with Crippen LogP contribution in [0.5, 0.6) is 0 Å². The van der Waals surface area contributed by atoms with E-state index in [0.717, 1.165) is 0 Å². The van der Waals surface area contributed by atoms with Gasteiger partial charge in [-0.15, -0.1) is 0 Å². The fraction of sp³-hybridized carbons (Fsp3) is 0.0909. The first-order chi connectivity index (χ1) is 8.24. The second-order valence-electron chi connectivity index (χ2n) is 3.15. The molecule has 0 spiro atoms. The Morgan fingerprint density at radius 2 is 2.29 bits per heavy atom. The van der Waals surface area contributed by atoms with E-state index >= 15 is 0 Å². The summed E-state index contributed by atoms with van der Waals surface area (Å²) in [5.41, 5.74) is 1.09. The van der Waals surface area contributed by atoms with Gasteiger partial charge in [0.1, 0.15) is 0 Å². The SMILES string of the molecule is COC(=O)c1cc(C#N)cc(-c2ncno2)c1. The highest BCUT2D eigenvalue weighted by molar-refractivity contribution is 5.91. The second-order valence-corrected chi connectivity index (χ2v) is 3.15. The number of hydrogen-bond acceptors (Lipinski definition) is 6. The number of nitrogens with zero attached hydrogens (tertiary/aromatic N) is 3. The van der Waals surface area contributed by atoms with Gasteiger partial charge in [-0.25, -0.2) is 4.79 Å². The topological polar surface area (TPSA) is 89.0 Å². The maximum absolute atomic E-state index is 11.4. The van der Waals surface area contributed by atoms with Crippen molar-refractivity contribution in [3.05, 3.63) is 35.7 Å². The van der Waals surface area contributed by atoms with E-state index < -0.39 is 5.97 Å².